The fourth-order valence-electron chi connectivity index (χ4n) is 3.58. The third kappa shape index (κ3) is 6.66. The van der Waals surface area contributed by atoms with Crippen LogP contribution in [0.25, 0.3) is 10.8 Å². The van der Waals surface area contributed by atoms with Gasteiger partial charge in [0.25, 0.3) is 0 Å². The van der Waals surface area contributed by atoms with E-state index in [9.17, 15) is 13.2 Å². The van der Waals surface area contributed by atoms with Crippen molar-refractivity contribution in [2.24, 2.45) is 0 Å². The highest BCUT2D eigenvalue weighted by molar-refractivity contribution is 7.99. The van der Waals surface area contributed by atoms with Crippen LogP contribution < -0.4 is 4.74 Å². The molecule has 0 aromatic heterocycles. The maximum absolute atomic E-state index is 13.3. The van der Waals surface area contributed by atoms with E-state index >= 15 is 0 Å². The number of carbonyl (C=O) groups is 1. The number of halogens is 1. The normalized spacial score (nSPS) is 11.8. The molecule has 34 heavy (non-hydrogen) atoms. The second-order valence-corrected chi connectivity index (χ2v) is 11.4. The molecular weight excluding hydrogens is 494 g/mol. The molecule has 0 spiro atoms. The van der Waals surface area contributed by atoms with E-state index in [4.69, 9.17) is 21.4 Å². The van der Waals surface area contributed by atoms with Crippen LogP contribution in [-0.4, -0.2) is 49.2 Å². The zero-order valence-electron chi connectivity index (χ0n) is 19.2. The van der Waals surface area contributed by atoms with Crippen LogP contribution in [0.4, 0.5) is 0 Å². The molecule has 9 heteroatoms. The number of aliphatic carboxylic acids is 1. The number of fused-ring (bicyclic) bond motifs is 1. The number of sulfonamides is 1. The number of thioether (sulfide) groups is 1. The summed E-state index contributed by atoms with van der Waals surface area (Å²) in [6.45, 7) is 4.34. The molecule has 0 atom stereocenters. The first-order valence-corrected chi connectivity index (χ1v) is 13.8. The third-order valence-electron chi connectivity index (χ3n) is 5.23. The summed E-state index contributed by atoms with van der Waals surface area (Å²) in [6, 6.07) is 16.1. The molecule has 3 aromatic rings. The van der Waals surface area contributed by atoms with Crippen LogP contribution in [-0.2, 0) is 14.8 Å². The predicted molar refractivity (Wildman–Crippen MR) is 138 cm³/mol. The van der Waals surface area contributed by atoms with Crippen molar-refractivity contribution in [2.45, 2.75) is 36.5 Å². The van der Waals surface area contributed by atoms with E-state index in [-0.39, 0.29) is 11.5 Å². The van der Waals surface area contributed by atoms with Crippen molar-refractivity contribution in [2.75, 3.05) is 25.4 Å². The van der Waals surface area contributed by atoms with Gasteiger partial charge in [0.05, 0.1) is 4.90 Å². The van der Waals surface area contributed by atoms with E-state index in [0.29, 0.717) is 30.3 Å². The van der Waals surface area contributed by atoms with Gasteiger partial charge in [0, 0.05) is 28.4 Å². The molecule has 0 unspecified atom stereocenters. The number of rotatable bonds is 12. The number of ether oxygens (including phenoxy) is 1. The number of carboxylic acids is 1. The Kier molecular flexibility index (Phi) is 9.24. The van der Waals surface area contributed by atoms with Crippen molar-refractivity contribution in [3.63, 3.8) is 0 Å². The molecule has 3 aromatic carbocycles. The lowest BCUT2D eigenvalue weighted by Gasteiger charge is -2.22. The number of aryl methyl sites for hydroxylation is 1. The van der Waals surface area contributed by atoms with Crippen LogP contribution in [0, 0.1) is 6.92 Å². The number of carboxylic acid groups (broad SMARTS) is 1. The van der Waals surface area contributed by atoms with Gasteiger partial charge in [-0.2, -0.15) is 4.31 Å². The van der Waals surface area contributed by atoms with Crippen molar-refractivity contribution >= 4 is 50.1 Å². The van der Waals surface area contributed by atoms with Gasteiger partial charge < -0.3 is 9.84 Å². The number of benzene rings is 3. The third-order valence-corrected chi connectivity index (χ3v) is 8.53. The van der Waals surface area contributed by atoms with Gasteiger partial charge in [0.15, 0.2) is 6.61 Å². The van der Waals surface area contributed by atoms with Crippen LogP contribution in [0.15, 0.2) is 64.4 Å². The fraction of sp³-hybridized carbons (Fsp3) is 0.320. The van der Waals surface area contributed by atoms with Gasteiger partial charge in [-0.15, -0.1) is 11.8 Å². The first kappa shape index (κ1) is 26.3. The summed E-state index contributed by atoms with van der Waals surface area (Å²) in [7, 11) is -3.62. The molecule has 0 saturated carbocycles. The first-order chi connectivity index (χ1) is 16.2. The van der Waals surface area contributed by atoms with Gasteiger partial charge in [-0.05, 0) is 72.9 Å². The highest BCUT2D eigenvalue weighted by Crippen LogP contribution is 2.28. The minimum Gasteiger partial charge on any atom is -0.482 e. The summed E-state index contributed by atoms with van der Waals surface area (Å²) in [4.78, 5) is 12.0. The van der Waals surface area contributed by atoms with Crippen LogP contribution in [0.2, 0.25) is 5.02 Å². The number of hydrogen-bond acceptors (Lipinski definition) is 5. The maximum Gasteiger partial charge on any atom is 0.341 e. The van der Waals surface area contributed by atoms with Gasteiger partial charge in [-0.1, -0.05) is 36.7 Å². The molecule has 0 fully saturated rings. The van der Waals surface area contributed by atoms with Crippen molar-refractivity contribution in [1.82, 2.24) is 4.31 Å². The quantitative estimate of drug-likeness (QED) is 0.238. The molecular formula is C25H28ClNO5S2. The van der Waals surface area contributed by atoms with Gasteiger partial charge >= 0.3 is 5.97 Å². The molecule has 0 amide bonds. The maximum atomic E-state index is 13.3. The minimum atomic E-state index is -3.62. The minimum absolute atomic E-state index is 0.274. The summed E-state index contributed by atoms with van der Waals surface area (Å²) in [6.07, 6.45) is 1.42. The van der Waals surface area contributed by atoms with E-state index in [1.165, 1.54) is 0 Å². The highest BCUT2D eigenvalue weighted by Gasteiger charge is 2.23. The van der Waals surface area contributed by atoms with Crippen LogP contribution in [0.5, 0.6) is 5.75 Å². The summed E-state index contributed by atoms with van der Waals surface area (Å²) in [5.41, 5.74) is 0.859. The van der Waals surface area contributed by atoms with Crippen molar-refractivity contribution in [1.29, 1.82) is 0 Å². The lowest BCUT2D eigenvalue weighted by atomic mass is 10.1. The Bertz CT molecular complexity index is 1260. The van der Waals surface area contributed by atoms with Gasteiger partial charge in [0.2, 0.25) is 10.0 Å². The monoisotopic (exact) mass is 521 g/mol. The molecule has 0 heterocycles. The molecule has 3 rings (SSSR count). The molecule has 0 radical (unpaired) electrons. The summed E-state index contributed by atoms with van der Waals surface area (Å²) >= 11 is 7.85. The van der Waals surface area contributed by atoms with Crippen molar-refractivity contribution < 1.29 is 23.1 Å². The van der Waals surface area contributed by atoms with Crippen molar-refractivity contribution in [3.8, 4) is 5.75 Å². The Morgan fingerprint density at radius 3 is 2.62 bits per heavy atom. The molecule has 6 nitrogen and oxygen atoms in total. The first-order valence-electron chi connectivity index (χ1n) is 11.0. The van der Waals surface area contributed by atoms with Crippen LogP contribution in [0.1, 0.15) is 25.3 Å². The predicted octanol–water partition coefficient (Wildman–Crippen LogP) is 5.85. The molecule has 182 valence electrons. The fourth-order valence-corrected chi connectivity index (χ4v) is 6.36. The van der Waals surface area contributed by atoms with E-state index in [1.807, 2.05) is 38.1 Å². The Morgan fingerprint density at radius 1 is 1.12 bits per heavy atom. The molecule has 1 N–H and O–H groups in total. The highest BCUT2D eigenvalue weighted by atomic mass is 35.5. The SMILES string of the molecule is CCCN(CCCSc1ccc(OCC(=O)O)c(C)c1)S(=O)(=O)c1ccc2c(Cl)cccc2c1. The lowest BCUT2D eigenvalue weighted by molar-refractivity contribution is -0.139. The average Bonchev–Trinajstić information content (AvgIpc) is 2.80. The van der Waals surface area contributed by atoms with E-state index in [0.717, 1.165) is 33.4 Å². The zero-order chi connectivity index (χ0) is 24.7. The molecule has 0 bridgehead atoms. The average molecular weight is 522 g/mol. The van der Waals surface area contributed by atoms with Gasteiger partial charge in [0.1, 0.15) is 5.75 Å². The Labute approximate surface area is 209 Å². The lowest BCUT2D eigenvalue weighted by Crippen LogP contribution is -2.33. The van der Waals surface area contributed by atoms with Gasteiger partial charge in [-0.25, -0.2) is 13.2 Å². The summed E-state index contributed by atoms with van der Waals surface area (Å²) in [5.74, 6) is 0.276. The van der Waals surface area contributed by atoms with E-state index < -0.39 is 16.0 Å². The Hall–Kier alpha value is -2.26. The standard InChI is InChI=1S/C25H28ClNO5S2/c1-3-12-27(34(30,31)21-9-10-22-19(16-21)6-4-7-23(22)26)13-5-14-33-20-8-11-24(18(2)15-20)32-17-25(28)29/h4,6-11,15-16H,3,5,12-14,17H2,1-2H3,(H,28,29). The smallest absolute Gasteiger partial charge is 0.341 e. The number of hydrogen-bond donors (Lipinski definition) is 1. The van der Waals surface area contributed by atoms with Gasteiger partial charge in [-0.3, -0.25) is 0 Å². The summed E-state index contributed by atoms with van der Waals surface area (Å²) < 4.78 is 33.5. The summed E-state index contributed by atoms with van der Waals surface area (Å²) in [5, 5.41) is 11.0. The molecule has 0 aliphatic heterocycles. The van der Waals surface area contributed by atoms with Crippen molar-refractivity contribution in [3.05, 3.63) is 65.2 Å². The Balaban J connectivity index is 1.63. The Morgan fingerprint density at radius 2 is 1.91 bits per heavy atom. The zero-order valence-corrected chi connectivity index (χ0v) is 21.5. The molecule has 0 aliphatic carbocycles. The van der Waals surface area contributed by atoms with E-state index in [1.54, 1.807) is 46.4 Å². The topological polar surface area (TPSA) is 83.9 Å². The second-order valence-electron chi connectivity index (χ2n) is 7.84. The number of nitrogens with zero attached hydrogens (tertiary/aromatic N) is 1. The largest absolute Gasteiger partial charge is 0.482 e. The second kappa shape index (κ2) is 11.9. The van der Waals surface area contributed by atoms with E-state index in [2.05, 4.69) is 0 Å². The molecule has 0 saturated heterocycles. The van der Waals surface area contributed by atoms with Crippen LogP contribution >= 0.6 is 23.4 Å². The van der Waals surface area contributed by atoms with Crippen LogP contribution in [0.3, 0.4) is 0 Å². The molecule has 0 aliphatic rings.